The van der Waals surface area contributed by atoms with E-state index >= 15 is 0 Å². The van der Waals surface area contributed by atoms with Gasteiger partial charge in [0.15, 0.2) is 11.2 Å². The minimum Gasteiger partial charge on any atom is -0.356 e. The lowest BCUT2D eigenvalue weighted by Gasteiger charge is -2.09. The van der Waals surface area contributed by atoms with E-state index in [1.54, 1.807) is 18.7 Å². The van der Waals surface area contributed by atoms with Gasteiger partial charge in [0.25, 0.3) is 5.56 Å². The van der Waals surface area contributed by atoms with Crippen molar-refractivity contribution in [2.75, 3.05) is 11.9 Å². The van der Waals surface area contributed by atoms with Crippen molar-refractivity contribution in [3.63, 3.8) is 0 Å². The van der Waals surface area contributed by atoms with Crippen LogP contribution in [0.15, 0.2) is 38.3 Å². The van der Waals surface area contributed by atoms with Crippen molar-refractivity contribution >= 4 is 33.0 Å². The molecule has 3 aromatic rings. The van der Waals surface area contributed by atoms with Crippen LogP contribution in [-0.2, 0) is 20.6 Å². The van der Waals surface area contributed by atoms with Gasteiger partial charge in [0.05, 0.1) is 6.54 Å². The molecule has 27 heavy (non-hydrogen) atoms. The third-order valence-corrected chi connectivity index (χ3v) is 5.15. The van der Waals surface area contributed by atoms with Gasteiger partial charge in [-0.25, -0.2) is 4.79 Å². The first kappa shape index (κ1) is 19.4. The van der Waals surface area contributed by atoms with E-state index in [0.29, 0.717) is 23.0 Å². The number of nitrogens with zero attached hydrogens (tertiary/aromatic N) is 4. The lowest BCUT2D eigenvalue weighted by atomic mass is 10.1. The minimum absolute atomic E-state index is 0.218. The maximum Gasteiger partial charge on any atom is 0.332 e. The number of hydrogen-bond acceptors (Lipinski definition) is 4. The number of nitrogens with one attached hydrogen (secondary N) is 1. The third-order valence-electron chi connectivity index (χ3n) is 4.62. The van der Waals surface area contributed by atoms with Gasteiger partial charge >= 0.3 is 5.69 Å². The fourth-order valence-electron chi connectivity index (χ4n) is 2.99. The van der Waals surface area contributed by atoms with E-state index < -0.39 is 0 Å². The molecule has 2 aromatic heterocycles. The number of imidazole rings is 1. The number of aryl methyl sites for hydroxylation is 2. The first-order valence-corrected chi connectivity index (χ1v) is 9.73. The fourth-order valence-corrected chi connectivity index (χ4v) is 3.25. The van der Waals surface area contributed by atoms with E-state index in [2.05, 4.69) is 40.1 Å². The highest BCUT2D eigenvalue weighted by Crippen LogP contribution is 2.15. The van der Waals surface area contributed by atoms with Crippen molar-refractivity contribution in [1.82, 2.24) is 18.7 Å². The zero-order valence-corrected chi connectivity index (χ0v) is 17.6. The van der Waals surface area contributed by atoms with Gasteiger partial charge in [0, 0.05) is 25.1 Å². The molecule has 0 saturated heterocycles. The quantitative estimate of drug-likeness (QED) is 0.648. The number of fused-ring (bicyclic) bond motifs is 1. The zero-order chi connectivity index (χ0) is 19.7. The lowest BCUT2D eigenvalue weighted by molar-refractivity contribution is 0.605. The fraction of sp³-hybridized carbons (Fsp3) is 0.421. The van der Waals surface area contributed by atoms with E-state index in [1.807, 2.05) is 24.3 Å². The molecular formula is C19H24BrN5O2. The van der Waals surface area contributed by atoms with Crippen LogP contribution < -0.4 is 16.6 Å². The second-order valence-corrected chi connectivity index (χ2v) is 8.05. The molecule has 0 aliphatic heterocycles. The summed E-state index contributed by atoms with van der Waals surface area (Å²) in [5.41, 5.74) is 0.993. The summed E-state index contributed by atoms with van der Waals surface area (Å²) in [5.74, 6) is 1.17. The number of benzene rings is 1. The topological polar surface area (TPSA) is 73.8 Å². The van der Waals surface area contributed by atoms with E-state index in [0.717, 1.165) is 23.0 Å². The average Bonchev–Trinajstić information content (AvgIpc) is 2.95. The van der Waals surface area contributed by atoms with Crippen LogP contribution in [0.25, 0.3) is 11.2 Å². The molecule has 1 aromatic carbocycles. The molecule has 0 saturated carbocycles. The van der Waals surface area contributed by atoms with E-state index in [4.69, 9.17) is 0 Å². The molecule has 0 atom stereocenters. The van der Waals surface area contributed by atoms with Crippen LogP contribution in [-0.4, -0.2) is 25.2 Å². The summed E-state index contributed by atoms with van der Waals surface area (Å²) in [7, 11) is 3.44. The Balaban J connectivity index is 2.06. The summed E-state index contributed by atoms with van der Waals surface area (Å²) < 4.78 is 5.37. The number of aromatic nitrogens is 4. The summed E-state index contributed by atoms with van der Waals surface area (Å²) in [6.07, 6.45) is 0.996. The Bertz CT molecular complexity index is 1080. The second-order valence-electron chi connectivity index (χ2n) is 7.14. The van der Waals surface area contributed by atoms with Crippen LogP contribution in [0.3, 0.4) is 0 Å². The first-order chi connectivity index (χ1) is 12.8. The van der Waals surface area contributed by atoms with Gasteiger partial charge in [-0.05, 0) is 30.0 Å². The summed E-state index contributed by atoms with van der Waals surface area (Å²) in [5, 5.41) is 3.27. The maximum atomic E-state index is 13.0. The largest absolute Gasteiger partial charge is 0.356 e. The predicted octanol–water partition coefficient (Wildman–Crippen LogP) is 2.70. The second kappa shape index (κ2) is 7.72. The summed E-state index contributed by atoms with van der Waals surface area (Å²) in [6.45, 7) is 5.29. The molecule has 0 amide bonds. The Morgan fingerprint density at radius 3 is 2.41 bits per heavy atom. The molecule has 0 aliphatic carbocycles. The van der Waals surface area contributed by atoms with Crippen molar-refractivity contribution in [3.05, 3.63) is 55.1 Å². The molecule has 0 spiro atoms. The Labute approximate surface area is 165 Å². The molecule has 0 aliphatic rings. The Morgan fingerprint density at radius 2 is 1.78 bits per heavy atom. The van der Waals surface area contributed by atoms with Gasteiger partial charge < -0.3 is 9.88 Å². The van der Waals surface area contributed by atoms with Crippen LogP contribution in [0.2, 0.25) is 0 Å². The zero-order valence-electron chi connectivity index (χ0n) is 16.0. The average molecular weight is 434 g/mol. The molecule has 144 valence electrons. The Kier molecular flexibility index (Phi) is 5.55. The van der Waals surface area contributed by atoms with Crippen molar-refractivity contribution in [2.24, 2.45) is 20.0 Å². The lowest BCUT2D eigenvalue weighted by Crippen LogP contribution is -2.39. The van der Waals surface area contributed by atoms with Crippen molar-refractivity contribution in [1.29, 1.82) is 0 Å². The molecule has 1 N–H and O–H groups in total. The minimum atomic E-state index is -0.373. The molecular weight excluding hydrogens is 410 g/mol. The van der Waals surface area contributed by atoms with Gasteiger partial charge in [-0.2, -0.15) is 4.98 Å². The molecule has 0 fully saturated rings. The third kappa shape index (κ3) is 3.85. The van der Waals surface area contributed by atoms with Crippen molar-refractivity contribution in [2.45, 2.75) is 26.8 Å². The van der Waals surface area contributed by atoms with Crippen LogP contribution in [0.5, 0.6) is 0 Å². The SMILES string of the molecule is CC(C)CCNc1nc2c(c(=O)n(Cc3ccc(Br)cc3)c(=O)n2C)n1C. The van der Waals surface area contributed by atoms with Crippen molar-refractivity contribution in [3.8, 4) is 0 Å². The number of anilines is 1. The molecule has 0 bridgehead atoms. The summed E-state index contributed by atoms with van der Waals surface area (Å²) in [6, 6.07) is 7.57. The smallest absolute Gasteiger partial charge is 0.332 e. The van der Waals surface area contributed by atoms with Crippen LogP contribution >= 0.6 is 15.9 Å². The Morgan fingerprint density at radius 1 is 1.11 bits per heavy atom. The first-order valence-electron chi connectivity index (χ1n) is 8.94. The molecule has 3 rings (SSSR count). The number of halogens is 1. The van der Waals surface area contributed by atoms with Crippen LogP contribution in [0, 0.1) is 5.92 Å². The standard InChI is InChI=1S/C19H24BrN5O2/c1-12(2)9-10-21-18-22-16-15(23(18)3)17(26)25(19(27)24(16)4)11-13-5-7-14(20)8-6-13/h5-8,12H,9-11H2,1-4H3,(H,21,22). The van der Waals surface area contributed by atoms with Gasteiger partial charge in [-0.15, -0.1) is 0 Å². The monoisotopic (exact) mass is 433 g/mol. The van der Waals surface area contributed by atoms with Gasteiger partial charge in [0.2, 0.25) is 5.95 Å². The molecule has 0 radical (unpaired) electrons. The molecule has 0 unspecified atom stereocenters. The normalized spacial score (nSPS) is 11.5. The molecule has 8 heteroatoms. The van der Waals surface area contributed by atoms with Gasteiger partial charge in [-0.3, -0.25) is 13.9 Å². The van der Waals surface area contributed by atoms with E-state index in [9.17, 15) is 9.59 Å². The van der Waals surface area contributed by atoms with Crippen LogP contribution in [0.4, 0.5) is 5.95 Å². The molecule has 7 nitrogen and oxygen atoms in total. The highest BCUT2D eigenvalue weighted by molar-refractivity contribution is 9.10. The maximum absolute atomic E-state index is 13.0. The number of hydrogen-bond donors (Lipinski definition) is 1. The summed E-state index contributed by atoms with van der Waals surface area (Å²) in [4.78, 5) is 30.3. The molecule has 2 heterocycles. The predicted molar refractivity (Wildman–Crippen MR) is 111 cm³/mol. The highest BCUT2D eigenvalue weighted by atomic mass is 79.9. The van der Waals surface area contributed by atoms with E-state index in [1.165, 1.54) is 9.13 Å². The van der Waals surface area contributed by atoms with E-state index in [-0.39, 0.29) is 17.8 Å². The highest BCUT2D eigenvalue weighted by Gasteiger charge is 2.18. The number of rotatable bonds is 6. The van der Waals surface area contributed by atoms with Gasteiger partial charge in [0.1, 0.15) is 0 Å². The summed E-state index contributed by atoms with van der Waals surface area (Å²) >= 11 is 3.39. The van der Waals surface area contributed by atoms with Crippen molar-refractivity contribution < 1.29 is 0 Å². The Hall–Kier alpha value is -2.35. The van der Waals surface area contributed by atoms with Crippen LogP contribution in [0.1, 0.15) is 25.8 Å². The van der Waals surface area contributed by atoms with Gasteiger partial charge in [-0.1, -0.05) is 41.9 Å².